The molecule has 0 aromatic heterocycles. The zero-order valence-corrected chi connectivity index (χ0v) is 13.0. The Balaban J connectivity index is 1.72. The van der Waals surface area contributed by atoms with Crippen LogP contribution in [-0.4, -0.2) is 37.0 Å². The van der Waals surface area contributed by atoms with Crippen LogP contribution in [0, 0.1) is 6.92 Å². The summed E-state index contributed by atoms with van der Waals surface area (Å²) >= 11 is 0. The fraction of sp³-hybridized carbons (Fsp3) is 0.588. The minimum Gasteiger partial charge on any atom is -0.399 e. The number of carbonyl (C=O) groups is 1. The Bertz CT molecular complexity index is 465. The number of carbonyl (C=O) groups excluding carboxylic acids is 1. The Hall–Kier alpha value is -1.55. The highest BCUT2D eigenvalue weighted by atomic mass is 16.1. The van der Waals surface area contributed by atoms with Crippen LogP contribution in [0.25, 0.3) is 0 Å². The Labute approximate surface area is 127 Å². The average Bonchev–Trinajstić information content (AvgIpc) is 2.74. The summed E-state index contributed by atoms with van der Waals surface area (Å²) in [5.74, 6) is -0.0179. The average molecular weight is 289 g/mol. The maximum absolute atomic E-state index is 12.1. The van der Waals surface area contributed by atoms with Crippen LogP contribution in [-0.2, 0) is 0 Å². The molecule has 1 saturated heterocycles. The Morgan fingerprint density at radius 2 is 1.95 bits per heavy atom. The molecule has 0 bridgehead atoms. The summed E-state index contributed by atoms with van der Waals surface area (Å²) in [6, 6.07) is 5.46. The van der Waals surface area contributed by atoms with E-state index in [1.54, 1.807) is 6.07 Å². The summed E-state index contributed by atoms with van der Waals surface area (Å²) in [7, 11) is 0. The van der Waals surface area contributed by atoms with Gasteiger partial charge in [0.05, 0.1) is 0 Å². The quantitative estimate of drug-likeness (QED) is 0.647. The molecule has 0 radical (unpaired) electrons. The number of nitrogens with zero attached hydrogens (tertiary/aromatic N) is 1. The van der Waals surface area contributed by atoms with E-state index in [0.29, 0.717) is 11.3 Å². The zero-order chi connectivity index (χ0) is 15.1. The van der Waals surface area contributed by atoms with Gasteiger partial charge in [0.15, 0.2) is 0 Å². The Morgan fingerprint density at radius 3 is 2.67 bits per heavy atom. The first-order chi connectivity index (χ1) is 10.2. The number of nitrogens with two attached hydrogens (primary N) is 1. The van der Waals surface area contributed by atoms with Gasteiger partial charge in [-0.2, -0.15) is 0 Å². The summed E-state index contributed by atoms with van der Waals surface area (Å²) in [6.07, 6.45) is 6.36. The van der Waals surface area contributed by atoms with Crippen LogP contribution in [0.4, 0.5) is 5.69 Å². The molecule has 4 nitrogen and oxygen atoms in total. The number of amides is 1. The lowest BCUT2D eigenvalue weighted by Gasteiger charge is -2.19. The van der Waals surface area contributed by atoms with Crippen molar-refractivity contribution in [3.8, 4) is 0 Å². The van der Waals surface area contributed by atoms with Crippen LogP contribution in [0.1, 0.15) is 48.0 Å². The van der Waals surface area contributed by atoms with Gasteiger partial charge in [0.2, 0.25) is 0 Å². The summed E-state index contributed by atoms with van der Waals surface area (Å²) in [4.78, 5) is 14.7. The third-order valence-electron chi connectivity index (χ3n) is 4.14. The molecule has 1 aliphatic heterocycles. The van der Waals surface area contributed by atoms with Gasteiger partial charge in [-0.15, -0.1) is 0 Å². The van der Waals surface area contributed by atoms with Crippen molar-refractivity contribution < 1.29 is 4.79 Å². The van der Waals surface area contributed by atoms with E-state index < -0.39 is 0 Å². The SMILES string of the molecule is Cc1ccc(N)cc1C(=O)NCCCN1CCCCCC1. The normalized spacial score (nSPS) is 16.4. The molecule has 4 heteroatoms. The van der Waals surface area contributed by atoms with Crippen molar-refractivity contribution in [2.45, 2.75) is 39.0 Å². The van der Waals surface area contributed by atoms with Crippen molar-refractivity contribution in [2.75, 3.05) is 31.9 Å². The number of anilines is 1. The highest BCUT2D eigenvalue weighted by molar-refractivity contribution is 5.96. The molecule has 1 aromatic rings. The molecule has 21 heavy (non-hydrogen) atoms. The van der Waals surface area contributed by atoms with E-state index in [1.807, 2.05) is 19.1 Å². The van der Waals surface area contributed by atoms with E-state index in [9.17, 15) is 4.79 Å². The van der Waals surface area contributed by atoms with E-state index in [0.717, 1.165) is 25.1 Å². The monoisotopic (exact) mass is 289 g/mol. The second-order valence-electron chi connectivity index (χ2n) is 5.94. The fourth-order valence-electron chi connectivity index (χ4n) is 2.84. The maximum atomic E-state index is 12.1. The van der Waals surface area contributed by atoms with Crippen molar-refractivity contribution in [2.24, 2.45) is 0 Å². The fourth-order valence-corrected chi connectivity index (χ4v) is 2.84. The second-order valence-corrected chi connectivity index (χ2v) is 5.94. The lowest BCUT2D eigenvalue weighted by Crippen LogP contribution is -2.30. The summed E-state index contributed by atoms with van der Waals surface area (Å²) in [5, 5.41) is 3.00. The third-order valence-corrected chi connectivity index (χ3v) is 4.14. The predicted molar refractivity (Wildman–Crippen MR) is 87.4 cm³/mol. The number of benzene rings is 1. The van der Waals surface area contributed by atoms with Gasteiger partial charge in [-0.1, -0.05) is 18.9 Å². The van der Waals surface area contributed by atoms with Gasteiger partial charge in [-0.05, 0) is 63.5 Å². The van der Waals surface area contributed by atoms with Gasteiger partial charge < -0.3 is 16.0 Å². The molecule has 3 N–H and O–H groups in total. The van der Waals surface area contributed by atoms with E-state index in [2.05, 4.69) is 10.2 Å². The zero-order valence-electron chi connectivity index (χ0n) is 13.0. The molecule has 1 amide bonds. The molecule has 0 aliphatic carbocycles. The first-order valence-electron chi connectivity index (χ1n) is 8.03. The van der Waals surface area contributed by atoms with E-state index in [-0.39, 0.29) is 5.91 Å². The van der Waals surface area contributed by atoms with E-state index in [4.69, 9.17) is 5.73 Å². The first kappa shape index (κ1) is 15.8. The molecule has 1 aromatic carbocycles. The Kier molecular flexibility index (Phi) is 6.05. The van der Waals surface area contributed by atoms with Crippen molar-refractivity contribution >= 4 is 11.6 Å². The number of rotatable bonds is 5. The van der Waals surface area contributed by atoms with Gasteiger partial charge >= 0.3 is 0 Å². The predicted octanol–water partition coefficient (Wildman–Crippen LogP) is 2.57. The molecule has 0 atom stereocenters. The standard InChI is InChI=1S/C17H27N3O/c1-14-7-8-15(18)13-16(14)17(21)19-9-6-12-20-10-4-2-3-5-11-20/h7-8,13H,2-6,9-12,18H2,1H3,(H,19,21). The van der Waals surface area contributed by atoms with Gasteiger partial charge in [0.25, 0.3) is 5.91 Å². The van der Waals surface area contributed by atoms with Gasteiger partial charge in [-0.3, -0.25) is 4.79 Å². The van der Waals surface area contributed by atoms with Gasteiger partial charge in [0.1, 0.15) is 0 Å². The lowest BCUT2D eigenvalue weighted by atomic mass is 10.1. The number of hydrogen-bond donors (Lipinski definition) is 2. The molecule has 1 heterocycles. The molecule has 0 saturated carbocycles. The van der Waals surface area contributed by atoms with E-state index >= 15 is 0 Å². The van der Waals surface area contributed by atoms with Crippen LogP contribution in [0.3, 0.4) is 0 Å². The summed E-state index contributed by atoms with van der Waals surface area (Å²) in [5.41, 5.74) is 8.03. The van der Waals surface area contributed by atoms with Crippen molar-refractivity contribution in [3.05, 3.63) is 29.3 Å². The van der Waals surface area contributed by atoms with Crippen LogP contribution in [0.2, 0.25) is 0 Å². The van der Waals surface area contributed by atoms with Crippen LogP contribution in [0.5, 0.6) is 0 Å². The third kappa shape index (κ3) is 5.05. The maximum Gasteiger partial charge on any atom is 0.251 e. The summed E-state index contributed by atoms with van der Waals surface area (Å²) < 4.78 is 0. The molecule has 0 unspecified atom stereocenters. The number of hydrogen-bond acceptors (Lipinski definition) is 3. The smallest absolute Gasteiger partial charge is 0.251 e. The first-order valence-corrected chi connectivity index (χ1v) is 8.03. The second kappa shape index (κ2) is 8.03. The van der Waals surface area contributed by atoms with Gasteiger partial charge in [0, 0.05) is 17.8 Å². The van der Waals surface area contributed by atoms with Crippen LogP contribution < -0.4 is 11.1 Å². The van der Waals surface area contributed by atoms with Crippen molar-refractivity contribution in [1.82, 2.24) is 10.2 Å². The molecular weight excluding hydrogens is 262 g/mol. The van der Waals surface area contributed by atoms with Crippen molar-refractivity contribution in [3.63, 3.8) is 0 Å². The largest absolute Gasteiger partial charge is 0.399 e. The highest BCUT2D eigenvalue weighted by Gasteiger charge is 2.10. The van der Waals surface area contributed by atoms with Gasteiger partial charge in [-0.25, -0.2) is 0 Å². The lowest BCUT2D eigenvalue weighted by molar-refractivity contribution is 0.0951. The number of aryl methyl sites for hydroxylation is 1. The topological polar surface area (TPSA) is 58.4 Å². The number of likely N-dealkylation sites (tertiary alicyclic amines) is 1. The summed E-state index contributed by atoms with van der Waals surface area (Å²) in [6.45, 7) is 6.16. The number of nitrogen functional groups attached to an aromatic ring is 1. The minimum atomic E-state index is -0.0179. The molecule has 1 aliphatic rings. The molecule has 2 rings (SSSR count). The molecule has 116 valence electrons. The van der Waals surface area contributed by atoms with E-state index in [1.165, 1.54) is 38.8 Å². The molecule has 1 fully saturated rings. The van der Waals surface area contributed by atoms with Crippen LogP contribution >= 0.6 is 0 Å². The van der Waals surface area contributed by atoms with Crippen LogP contribution in [0.15, 0.2) is 18.2 Å². The molecule has 0 spiro atoms. The molecular formula is C17H27N3O. The Morgan fingerprint density at radius 1 is 1.24 bits per heavy atom. The minimum absolute atomic E-state index is 0.0179. The highest BCUT2D eigenvalue weighted by Crippen LogP contribution is 2.12. The van der Waals surface area contributed by atoms with Crippen molar-refractivity contribution in [1.29, 1.82) is 0 Å². The number of nitrogens with one attached hydrogen (secondary N) is 1.